The number of primary amides is 1. The minimum absolute atomic E-state index is 0.0127. The van der Waals surface area contributed by atoms with Gasteiger partial charge in [0, 0.05) is 75.5 Å². The molecule has 1 saturated heterocycles. The number of aromatic amines is 1. The second-order valence-electron chi connectivity index (χ2n) is 31.4. The van der Waals surface area contributed by atoms with Gasteiger partial charge in [-0.1, -0.05) is 209 Å². The average molecular weight is 1660 g/mol. The number of hydrogen-bond acceptors (Lipinski definition) is 16. The summed E-state index contributed by atoms with van der Waals surface area (Å²) in [5, 5.41) is 29.9. The fourth-order valence-corrected chi connectivity index (χ4v) is 13.9. The fourth-order valence-electron chi connectivity index (χ4n) is 13.9. The van der Waals surface area contributed by atoms with Crippen molar-refractivity contribution < 1.29 is 57.5 Å². The Morgan fingerprint density at radius 2 is 0.908 bits per heavy atom. The summed E-state index contributed by atoms with van der Waals surface area (Å²) in [6, 6.07) is 8.55. The Labute approximate surface area is 707 Å². The summed E-state index contributed by atoms with van der Waals surface area (Å²) >= 11 is 0. The monoisotopic (exact) mass is 1660 g/mol. The van der Waals surface area contributed by atoms with Gasteiger partial charge in [-0.2, -0.15) is 5.01 Å². The number of carbonyl (C=O) groups excluding carboxylic acids is 11. The van der Waals surface area contributed by atoms with Gasteiger partial charge in [-0.15, -0.1) is 0 Å². The fraction of sp³-hybridized carbons (Fsp3) is 0.663. The van der Waals surface area contributed by atoms with Gasteiger partial charge in [0.2, 0.25) is 65.6 Å². The van der Waals surface area contributed by atoms with E-state index in [0.29, 0.717) is 75.6 Å². The highest BCUT2D eigenvalue weighted by Crippen LogP contribution is 2.21. The van der Waals surface area contributed by atoms with E-state index in [4.69, 9.17) is 27.7 Å². The highest BCUT2D eigenvalue weighted by atomic mass is 16.6. The lowest BCUT2D eigenvalue weighted by Gasteiger charge is -2.27. The lowest BCUT2D eigenvalue weighted by atomic mass is 10.0. The van der Waals surface area contributed by atoms with Crippen LogP contribution in [-0.4, -0.2) is 175 Å². The molecule has 2 unspecified atom stereocenters. The number of aromatic nitrogens is 1. The van der Waals surface area contributed by atoms with Crippen LogP contribution < -0.4 is 81.5 Å². The van der Waals surface area contributed by atoms with Gasteiger partial charge < -0.3 is 85.8 Å². The number of H-pyrrole nitrogens is 1. The Morgan fingerprint density at radius 3 is 1.45 bits per heavy atom. The number of benzene rings is 2. The molecule has 1 aliphatic rings. The van der Waals surface area contributed by atoms with E-state index >= 15 is 0 Å². The molecule has 8 atom stereocenters. The third-order valence-corrected chi connectivity index (χ3v) is 21.0. The number of hydrazine groups is 1. The van der Waals surface area contributed by atoms with Crippen LogP contribution in [0.2, 0.25) is 0 Å². The van der Waals surface area contributed by atoms with Crippen LogP contribution in [0.4, 0.5) is 0 Å². The first-order valence-corrected chi connectivity index (χ1v) is 44.7. The minimum atomic E-state index is -1.52. The second-order valence-corrected chi connectivity index (χ2v) is 31.4. The first-order chi connectivity index (χ1) is 57.7. The molecule has 0 radical (unpaired) electrons. The highest BCUT2D eigenvalue weighted by Gasteiger charge is 2.42. The first kappa shape index (κ1) is 102. The van der Waals surface area contributed by atoms with Crippen molar-refractivity contribution in [3.05, 3.63) is 96.2 Å². The zero-order chi connectivity index (χ0) is 86.5. The van der Waals surface area contributed by atoms with Crippen LogP contribution in [0.15, 0.2) is 90.1 Å². The van der Waals surface area contributed by atoms with Crippen molar-refractivity contribution in [2.45, 2.75) is 333 Å². The van der Waals surface area contributed by atoms with Crippen LogP contribution in [0.1, 0.15) is 283 Å². The third kappa shape index (κ3) is 45.7. The number of fused-ring (bicyclic) bond motifs is 1. The standard InChI is InChI=1S/C89H148N18O12/c1-5-8-11-13-15-17-19-21-23-25-27-29-31-33-38-54-76(108)94-58-45-60-96-85(117)87-106-107(88(119-87)86(118)97-61-46-59-95-77(109)55-39-34-32-30-28-26-24-22-20-18-16-14-12-9-6-2)65-78(110)101-71(50-10-7-3)81(113)100-66(4)80(112)102-72(52-42-43-56-90)83(115)105-75(62-67-47-36-35-37-48-67)84(116)103-73(53-44-57-98-89(92)93)82(114)104-74(79(91)111)63-68-64-99-70-51-41-40-49-69(68)70/h21-24,35-37,40-41,47-49,51,64,66,71-75,87-88,99,106H,5-20,25-34,38-39,42-46,50,52-63,65,90H2,1-4H3,(H2,91,111)(H,94,108)(H,95,109)(H,96,117)(H,97,118)(H,100,113)(H,101,110)(H,102,112)(H,103,116)(H,104,114)(H,105,115)(H4,92,93,98)/b23-21-,24-22-/t66-,71-,72-,73-,74-,75+,87?,88?/m0/s1. The summed E-state index contributed by atoms with van der Waals surface area (Å²) < 4.78 is 6.00. The van der Waals surface area contributed by atoms with Crippen LogP contribution in [0.3, 0.4) is 0 Å². The summed E-state index contributed by atoms with van der Waals surface area (Å²) in [5.74, 6) is -7.05. The number of nitrogens with zero attached hydrogens (tertiary/aromatic N) is 2. The van der Waals surface area contributed by atoms with Gasteiger partial charge in [0.1, 0.15) is 36.3 Å². The molecule has 3 aromatic rings. The van der Waals surface area contributed by atoms with E-state index < -0.39 is 108 Å². The van der Waals surface area contributed by atoms with Crippen molar-refractivity contribution in [1.82, 2.24) is 68.6 Å². The van der Waals surface area contributed by atoms with E-state index in [1.165, 1.54) is 84.0 Å². The van der Waals surface area contributed by atoms with Gasteiger partial charge in [0.15, 0.2) is 5.96 Å². The SMILES string of the molecule is CCCCCCCC/C=C\CCCCCCCC(=O)NCCCNC(=O)C1NN(CC(=O)N[C@@H](CCCC)C(=O)N[C@@H](C)C(=O)N[C@@H](CCCCN)C(=O)N[C@H](Cc2ccccc2)C(=O)N[C@@H](CCCN=C(N)N)C(=O)N[C@@H](Cc2c[nH]c3ccccc23)C(N)=O)C(C(=O)NCCCNC(=O)CCCCCCC/C=C\CCCCCCCC)O1. The zero-order valence-corrected chi connectivity index (χ0v) is 72.0. The number of nitrogens with one attached hydrogen (secondary N) is 12. The Bertz CT molecular complexity index is 3520. The van der Waals surface area contributed by atoms with E-state index in [2.05, 4.69) is 107 Å². The van der Waals surface area contributed by atoms with Gasteiger partial charge in [-0.3, -0.25) is 57.7 Å². The molecule has 0 aliphatic carbocycles. The summed E-state index contributed by atoms with van der Waals surface area (Å²) in [5.41, 5.74) is 28.0. The molecule has 30 nitrogen and oxygen atoms in total. The number of nitrogens with two attached hydrogens (primary N) is 4. The number of allylic oxidation sites excluding steroid dienone is 4. The minimum Gasteiger partial charge on any atom is -0.370 e. The molecule has 0 saturated carbocycles. The number of aliphatic imine (C=N–C) groups is 1. The van der Waals surface area contributed by atoms with Crippen LogP contribution in [0.5, 0.6) is 0 Å². The molecule has 666 valence electrons. The molecule has 1 fully saturated rings. The van der Waals surface area contributed by atoms with Gasteiger partial charge in [-0.05, 0) is 146 Å². The summed E-state index contributed by atoms with van der Waals surface area (Å²) in [7, 11) is 0. The number of rotatable bonds is 69. The maximum atomic E-state index is 14.7. The molecule has 4 rings (SSSR count). The van der Waals surface area contributed by atoms with Crippen molar-refractivity contribution in [3.63, 3.8) is 0 Å². The number of unbranched alkanes of at least 4 members (excludes halogenated alkanes) is 24. The van der Waals surface area contributed by atoms with Crippen LogP contribution >= 0.6 is 0 Å². The lowest BCUT2D eigenvalue weighted by molar-refractivity contribution is -0.144. The summed E-state index contributed by atoms with van der Waals surface area (Å²) in [6.07, 6.45) is 41.9. The molecule has 2 heterocycles. The van der Waals surface area contributed by atoms with E-state index in [9.17, 15) is 52.7 Å². The summed E-state index contributed by atoms with van der Waals surface area (Å²) in [4.78, 5) is 160. The van der Waals surface area contributed by atoms with Gasteiger partial charge >= 0.3 is 0 Å². The van der Waals surface area contributed by atoms with E-state index in [-0.39, 0.29) is 82.5 Å². The lowest BCUT2D eigenvalue weighted by Crippen LogP contribution is -2.60. The quantitative estimate of drug-likeness (QED) is 0.0109. The largest absolute Gasteiger partial charge is 0.370 e. The molecule has 119 heavy (non-hydrogen) atoms. The number of guanidine groups is 1. The van der Waals surface area contributed by atoms with Crippen molar-refractivity contribution in [2.24, 2.45) is 27.9 Å². The smallest absolute Gasteiger partial charge is 0.265 e. The molecule has 30 heteroatoms. The Kier molecular flexibility index (Phi) is 54.7. The van der Waals surface area contributed by atoms with E-state index in [1.54, 1.807) is 36.5 Å². The van der Waals surface area contributed by atoms with Gasteiger partial charge in [0.25, 0.3) is 11.8 Å². The zero-order valence-electron chi connectivity index (χ0n) is 72.0. The number of ether oxygens (including phenoxy) is 1. The number of carbonyl (C=O) groups is 11. The Balaban J connectivity index is 1.39. The van der Waals surface area contributed by atoms with Crippen molar-refractivity contribution >= 4 is 81.8 Å². The van der Waals surface area contributed by atoms with Gasteiger partial charge in [-0.25, -0.2) is 5.43 Å². The van der Waals surface area contributed by atoms with Crippen LogP contribution in [0.25, 0.3) is 10.9 Å². The molecular weight excluding hydrogens is 1510 g/mol. The van der Waals surface area contributed by atoms with Crippen molar-refractivity contribution in [1.29, 1.82) is 0 Å². The van der Waals surface area contributed by atoms with E-state index in [0.717, 1.165) is 106 Å². The summed E-state index contributed by atoms with van der Waals surface area (Å²) in [6.45, 7) is 8.40. The number of hydrogen-bond donors (Lipinski definition) is 16. The second kappa shape index (κ2) is 63.7. The highest BCUT2D eigenvalue weighted by molar-refractivity contribution is 5.97. The molecule has 0 spiro atoms. The third-order valence-electron chi connectivity index (χ3n) is 21.0. The first-order valence-electron chi connectivity index (χ1n) is 44.7. The molecule has 1 aromatic heterocycles. The number of amides is 11. The molecular formula is C89H148N18O12. The molecule has 1 aliphatic heterocycles. The predicted octanol–water partition coefficient (Wildman–Crippen LogP) is 8.55. The van der Waals surface area contributed by atoms with Crippen LogP contribution in [0, 0.1) is 0 Å². The van der Waals surface area contributed by atoms with Crippen molar-refractivity contribution in [3.8, 4) is 0 Å². The molecule has 2 aromatic carbocycles. The normalized spacial score (nSPS) is 14.9. The maximum absolute atomic E-state index is 14.7. The molecule has 11 amide bonds. The van der Waals surface area contributed by atoms with Crippen LogP contribution in [-0.2, 0) is 70.3 Å². The van der Waals surface area contributed by atoms with Gasteiger partial charge in [0.05, 0.1) is 6.54 Å². The Hall–Kier alpha value is -9.26. The van der Waals surface area contributed by atoms with Crippen molar-refractivity contribution in [2.75, 3.05) is 45.8 Å². The molecule has 20 N–H and O–H groups in total. The van der Waals surface area contributed by atoms with E-state index in [1.807, 2.05) is 31.2 Å². The number of para-hydroxylation sites is 1. The average Bonchev–Trinajstić information content (AvgIpc) is 1.19. The Morgan fingerprint density at radius 1 is 0.454 bits per heavy atom. The molecule has 0 bridgehead atoms. The topological polar surface area (TPSA) is 465 Å². The predicted molar refractivity (Wildman–Crippen MR) is 470 cm³/mol. The maximum Gasteiger partial charge on any atom is 0.265 e.